The number of benzene rings is 1. The Kier molecular flexibility index (Phi) is 9.04. The number of thiazole rings is 1. The minimum absolute atomic E-state index is 0. The standard InChI is InChI=1S/C16H20F2N4OS.HI/c1-10-11(2)24-15(22-10)9-21-16(19-3)20-6-7-23-14-5-4-12(17)8-13(14)18;/h4-5,8H,6-7,9H2,1-3H3,(H2,19,20,21);1H. The highest BCUT2D eigenvalue weighted by molar-refractivity contribution is 14.0. The summed E-state index contributed by atoms with van der Waals surface area (Å²) in [6.45, 7) is 5.24. The van der Waals surface area contributed by atoms with Crippen LogP contribution in [0.3, 0.4) is 0 Å². The number of halogens is 3. The molecule has 2 N–H and O–H groups in total. The highest BCUT2D eigenvalue weighted by atomic mass is 127. The summed E-state index contributed by atoms with van der Waals surface area (Å²) >= 11 is 1.64. The average molecular weight is 482 g/mol. The number of ether oxygens (including phenoxy) is 1. The minimum atomic E-state index is -0.716. The van der Waals surface area contributed by atoms with Crippen molar-refractivity contribution in [3.63, 3.8) is 0 Å². The molecule has 0 aliphatic heterocycles. The van der Waals surface area contributed by atoms with Gasteiger partial charge in [0.1, 0.15) is 17.4 Å². The van der Waals surface area contributed by atoms with Gasteiger partial charge < -0.3 is 15.4 Å². The fourth-order valence-corrected chi connectivity index (χ4v) is 2.79. The molecule has 0 saturated carbocycles. The summed E-state index contributed by atoms with van der Waals surface area (Å²) in [5.41, 5.74) is 1.04. The summed E-state index contributed by atoms with van der Waals surface area (Å²) in [6.07, 6.45) is 0. The van der Waals surface area contributed by atoms with Gasteiger partial charge in [-0.05, 0) is 26.0 Å². The molecule has 2 aromatic rings. The molecule has 9 heteroatoms. The van der Waals surface area contributed by atoms with Gasteiger partial charge >= 0.3 is 0 Å². The Morgan fingerprint density at radius 3 is 2.64 bits per heavy atom. The van der Waals surface area contributed by atoms with E-state index >= 15 is 0 Å². The second-order valence-corrected chi connectivity index (χ2v) is 6.31. The molecule has 2 rings (SSSR count). The van der Waals surface area contributed by atoms with E-state index in [0.717, 1.165) is 22.8 Å². The molecule has 0 unspecified atom stereocenters. The Hall–Kier alpha value is -1.49. The second-order valence-electron chi connectivity index (χ2n) is 5.02. The zero-order chi connectivity index (χ0) is 17.5. The number of rotatable bonds is 6. The van der Waals surface area contributed by atoms with Crippen molar-refractivity contribution < 1.29 is 13.5 Å². The van der Waals surface area contributed by atoms with E-state index in [1.54, 1.807) is 18.4 Å². The number of nitrogens with zero attached hydrogens (tertiary/aromatic N) is 2. The number of hydrogen-bond acceptors (Lipinski definition) is 4. The van der Waals surface area contributed by atoms with Crippen LogP contribution in [0.5, 0.6) is 5.75 Å². The number of hydrogen-bond donors (Lipinski definition) is 2. The molecule has 0 amide bonds. The van der Waals surface area contributed by atoms with Crippen molar-refractivity contribution in [2.45, 2.75) is 20.4 Å². The third-order valence-corrected chi connectivity index (χ3v) is 4.32. The highest BCUT2D eigenvalue weighted by Gasteiger charge is 2.06. The summed E-state index contributed by atoms with van der Waals surface area (Å²) in [6, 6.07) is 3.22. The maximum Gasteiger partial charge on any atom is 0.191 e. The Morgan fingerprint density at radius 2 is 2.04 bits per heavy atom. The third-order valence-electron chi connectivity index (χ3n) is 3.25. The first-order valence-corrected chi connectivity index (χ1v) is 8.26. The van der Waals surface area contributed by atoms with E-state index in [4.69, 9.17) is 4.74 Å². The normalized spacial score (nSPS) is 11.0. The average Bonchev–Trinajstić information content (AvgIpc) is 2.86. The first-order valence-electron chi connectivity index (χ1n) is 7.45. The molecule has 0 saturated heterocycles. The summed E-state index contributed by atoms with van der Waals surface area (Å²) in [5.74, 6) is -0.721. The van der Waals surface area contributed by atoms with E-state index in [0.29, 0.717) is 19.0 Å². The number of guanidine groups is 1. The van der Waals surface area contributed by atoms with Crippen LogP contribution in [0.25, 0.3) is 0 Å². The molecule has 0 fully saturated rings. The number of nitrogens with one attached hydrogen (secondary N) is 2. The van der Waals surface area contributed by atoms with Gasteiger partial charge in [0.2, 0.25) is 0 Å². The third kappa shape index (κ3) is 6.73. The Bertz CT molecular complexity index is 705. The number of aromatic nitrogens is 1. The fourth-order valence-electron chi connectivity index (χ4n) is 1.92. The van der Waals surface area contributed by atoms with E-state index in [1.165, 1.54) is 10.9 Å². The van der Waals surface area contributed by atoms with Gasteiger partial charge in [0.05, 0.1) is 18.8 Å². The maximum atomic E-state index is 13.4. The van der Waals surface area contributed by atoms with Gasteiger partial charge in [0, 0.05) is 18.0 Å². The zero-order valence-electron chi connectivity index (χ0n) is 14.2. The molecule has 0 bridgehead atoms. The van der Waals surface area contributed by atoms with Crippen molar-refractivity contribution in [1.29, 1.82) is 0 Å². The lowest BCUT2D eigenvalue weighted by Gasteiger charge is -2.12. The van der Waals surface area contributed by atoms with Gasteiger partial charge in [-0.1, -0.05) is 0 Å². The lowest BCUT2D eigenvalue weighted by molar-refractivity contribution is 0.304. The minimum Gasteiger partial charge on any atom is -0.489 e. The molecule has 0 aliphatic rings. The molecule has 1 aromatic heterocycles. The van der Waals surface area contributed by atoms with Gasteiger partial charge in [0.25, 0.3) is 0 Å². The van der Waals surface area contributed by atoms with Crippen LogP contribution < -0.4 is 15.4 Å². The van der Waals surface area contributed by atoms with Crippen molar-refractivity contribution in [3.8, 4) is 5.75 Å². The summed E-state index contributed by atoms with van der Waals surface area (Å²) in [5, 5.41) is 7.19. The number of aryl methyl sites for hydroxylation is 2. The van der Waals surface area contributed by atoms with Crippen molar-refractivity contribution in [3.05, 3.63) is 45.4 Å². The number of aliphatic imine (C=N–C) groups is 1. The van der Waals surface area contributed by atoms with Crippen molar-refractivity contribution in [1.82, 2.24) is 15.6 Å². The molecule has 0 radical (unpaired) electrons. The fraction of sp³-hybridized carbons (Fsp3) is 0.375. The Balaban J connectivity index is 0.00000312. The van der Waals surface area contributed by atoms with Crippen LogP contribution >= 0.6 is 35.3 Å². The summed E-state index contributed by atoms with van der Waals surface area (Å²) in [7, 11) is 1.66. The van der Waals surface area contributed by atoms with Crippen molar-refractivity contribution in [2.75, 3.05) is 20.2 Å². The molecule has 1 heterocycles. The Labute approximate surface area is 166 Å². The van der Waals surface area contributed by atoms with Crippen molar-refractivity contribution in [2.24, 2.45) is 4.99 Å². The smallest absolute Gasteiger partial charge is 0.191 e. The van der Waals surface area contributed by atoms with Gasteiger partial charge in [-0.15, -0.1) is 35.3 Å². The monoisotopic (exact) mass is 482 g/mol. The summed E-state index contributed by atoms with van der Waals surface area (Å²) < 4.78 is 31.5. The predicted molar refractivity (Wildman–Crippen MR) is 107 cm³/mol. The zero-order valence-corrected chi connectivity index (χ0v) is 17.4. The van der Waals surface area contributed by atoms with E-state index in [2.05, 4.69) is 20.6 Å². The van der Waals surface area contributed by atoms with E-state index in [1.807, 2.05) is 13.8 Å². The first kappa shape index (κ1) is 21.6. The Morgan fingerprint density at radius 1 is 1.28 bits per heavy atom. The van der Waals surface area contributed by atoms with E-state index in [-0.39, 0.29) is 36.3 Å². The van der Waals surface area contributed by atoms with Crippen molar-refractivity contribution >= 4 is 41.3 Å². The molecule has 0 aliphatic carbocycles. The van der Waals surface area contributed by atoms with Gasteiger partial charge in [-0.3, -0.25) is 4.99 Å². The molecule has 0 atom stereocenters. The highest BCUT2D eigenvalue weighted by Crippen LogP contribution is 2.17. The molecule has 1 aromatic carbocycles. The predicted octanol–water partition coefficient (Wildman–Crippen LogP) is 3.40. The molecule has 0 spiro atoms. The second kappa shape index (κ2) is 10.5. The molecular weight excluding hydrogens is 461 g/mol. The lowest BCUT2D eigenvalue weighted by Crippen LogP contribution is -2.38. The van der Waals surface area contributed by atoms with Gasteiger partial charge in [-0.2, -0.15) is 0 Å². The van der Waals surface area contributed by atoms with Crippen LogP contribution in [0.2, 0.25) is 0 Å². The SMILES string of the molecule is CN=C(NCCOc1ccc(F)cc1F)NCc1nc(C)c(C)s1.I. The molecule has 25 heavy (non-hydrogen) atoms. The topological polar surface area (TPSA) is 58.5 Å². The molecular formula is C16H21F2IN4OS. The van der Waals surface area contributed by atoms with Crippen LogP contribution in [-0.2, 0) is 6.54 Å². The quantitative estimate of drug-likeness (QED) is 0.287. The summed E-state index contributed by atoms with van der Waals surface area (Å²) in [4.78, 5) is 9.74. The first-order chi connectivity index (χ1) is 11.5. The van der Waals surface area contributed by atoms with Crippen LogP contribution in [0, 0.1) is 25.5 Å². The largest absolute Gasteiger partial charge is 0.489 e. The van der Waals surface area contributed by atoms with Crippen LogP contribution in [0.15, 0.2) is 23.2 Å². The maximum absolute atomic E-state index is 13.4. The molecule has 5 nitrogen and oxygen atoms in total. The van der Waals surface area contributed by atoms with Crippen LogP contribution in [0.4, 0.5) is 8.78 Å². The van der Waals surface area contributed by atoms with E-state index in [9.17, 15) is 8.78 Å². The molecule has 138 valence electrons. The van der Waals surface area contributed by atoms with E-state index < -0.39 is 11.6 Å². The van der Waals surface area contributed by atoms with Gasteiger partial charge in [-0.25, -0.2) is 13.8 Å². The van der Waals surface area contributed by atoms with Crippen LogP contribution in [-0.4, -0.2) is 31.1 Å². The van der Waals surface area contributed by atoms with Gasteiger partial charge in [0.15, 0.2) is 17.5 Å². The van der Waals surface area contributed by atoms with Crippen LogP contribution in [0.1, 0.15) is 15.6 Å². The lowest BCUT2D eigenvalue weighted by atomic mass is 10.3.